The summed E-state index contributed by atoms with van der Waals surface area (Å²) in [4.78, 5) is 15.6. The van der Waals surface area contributed by atoms with Gasteiger partial charge >= 0.3 is 0 Å². The van der Waals surface area contributed by atoms with E-state index in [2.05, 4.69) is 10.3 Å². The molecule has 3 rings (SSSR count). The smallest absolute Gasteiger partial charge is 0.248 e. The minimum atomic E-state index is -0.444. The molecule has 3 N–H and O–H groups in total. The first-order valence-electron chi connectivity index (χ1n) is 6.96. The van der Waals surface area contributed by atoms with Gasteiger partial charge in [-0.3, -0.25) is 4.79 Å². The SMILES string of the molecule is NC(=O)c1ccc(NCc2csc(-c3ccc(F)cc3)n2)cc1. The summed E-state index contributed by atoms with van der Waals surface area (Å²) in [5, 5.41) is 6.05. The third kappa shape index (κ3) is 3.73. The van der Waals surface area contributed by atoms with Gasteiger partial charge in [0.25, 0.3) is 0 Å². The fourth-order valence-electron chi connectivity index (χ4n) is 2.06. The van der Waals surface area contributed by atoms with Crippen molar-refractivity contribution >= 4 is 22.9 Å². The van der Waals surface area contributed by atoms with Gasteiger partial charge in [0.2, 0.25) is 5.91 Å². The first-order valence-corrected chi connectivity index (χ1v) is 7.84. The molecule has 4 nitrogen and oxygen atoms in total. The fourth-order valence-corrected chi connectivity index (χ4v) is 2.88. The quantitative estimate of drug-likeness (QED) is 0.751. The molecule has 0 radical (unpaired) electrons. The highest BCUT2D eigenvalue weighted by Gasteiger charge is 2.05. The third-order valence-electron chi connectivity index (χ3n) is 3.29. The highest BCUT2D eigenvalue weighted by molar-refractivity contribution is 7.13. The molecule has 23 heavy (non-hydrogen) atoms. The number of nitrogens with two attached hydrogens (primary N) is 1. The maximum absolute atomic E-state index is 12.9. The normalized spacial score (nSPS) is 10.5. The van der Waals surface area contributed by atoms with Crippen LogP contribution in [-0.2, 0) is 6.54 Å². The van der Waals surface area contributed by atoms with E-state index in [9.17, 15) is 9.18 Å². The number of carbonyl (C=O) groups excluding carboxylic acids is 1. The molecule has 0 unspecified atom stereocenters. The molecule has 6 heteroatoms. The number of amides is 1. The van der Waals surface area contributed by atoms with Gasteiger partial charge in [-0.2, -0.15) is 0 Å². The number of aromatic nitrogens is 1. The van der Waals surface area contributed by atoms with Gasteiger partial charge < -0.3 is 11.1 Å². The van der Waals surface area contributed by atoms with Crippen LogP contribution in [0.1, 0.15) is 16.1 Å². The zero-order valence-corrected chi connectivity index (χ0v) is 12.9. The van der Waals surface area contributed by atoms with E-state index in [0.29, 0.717) is 12.1 Å². The van der Waals surface area contributed by atoms with Crippen molar-refractivity contribution in [2.24, 2.45) is 5.73 Å². The van der Waals surface area contributed by atoms with E-state index in [4.69, 9.17) is 5.73 Å². The summed E-state index contributed by atoms with van der Waals surface area (Å²) in [6, 6.07) is 13.2. The van der Waals surface area contributed by atoms with Crippen LogP contribution in [0, 0.1) is 5.82 Å². The minimum absolute atomic E-state index is 0.258. The molecule has 2 aromatic carbocycles. The van der Waals surface area contributed by atoms with Crippen molar-refractivity contribution < 1.29 is 9.18 Å². The van der Waals surface area contributed by atoms with Crippen molar-refractivity contribution in [1.29, 1.82) is 0 Å². The lowest BCUT2D eigenvalue weighted by Gasteiger charge is -2.04. The van der Waals surface area contributed by atoms with Gasteiger partial charge in [-0.1, -0.05) is 0 Å². The highest BCUT2D eigenvalue weighted by atomic mass is 32.1. The van der Waals surface area contributed by atoms with Gasteiger partial charge in [0.1, 0.15) is 10.8 Å². The number of hydrogen-bond donors (Lipinski definition) is 2. The molecule has 116 valence electrons. The molecule has 3 aromatic rings. The minimum Gasteiger partial charge on any atom is -0.379 e. The van der Waals surface area contributed by atoms with Crippen LogP contribution in [-0.4, -0.2) is 10.9 Å². The molecule has 0 atom stereocenters. The molecule has 0 fully saturated rings. The van der Waals surface area contributed by atoms with Crippen molar-refractivity contribution in [3.63, 3.8) is 0 Å². The van der Waals surface area contributed by atoms with E-state index >= 15 is 0 Å². The Morgan fingerprint density at radius 3 is 2.48 bits per heavy atom. The summed E-state index contributed by atoms with van der Waals surface area (Å²) in [6.07, 6.45) is 0. The number of carbonyl (C=O) groups is 1. The van der Waals surface area contributed by atoms with Crippen LogP contribution in [0.4, 0.5) is 10.1 Å². The van der Waals surface area contributed by atoms with Crippen LogP contribution in [0.15, 0.2) is 53.9 Å². The monoisotopic (exact) mass is 327 g/mol. The summed E-state index contributed by atoms with van der Waals surface area (Å²) in [5.41, 5.74) is 8.35. The standard InChI is InChI=1S/C17H14FN3OS/c18-13-5-1-12(2-6-13)17-21-15(10-23-17)9-20-14-7-3-11(4-8-14)16(19)22/h1-8,10,20H,9H2,(H2,19,22). The Bertz CT molecular complexity index is 813. The maximum Gasteiger partial charge on any atom is 0.248 e. The third-order valence-corrected chi connectivity index (χ3v) is 4.23. The topological polar surface area (TPSA) is 68.0 Å². The van der Waals surface area contributed by atoms with Crippen molar-refractivity contribution in [3.05, 3.63) is 71.0 Å². The fraction of sp³-hybridized carbons (Fsp3) is 0.0588. The van der Waals surface area contributed by atoms with Crippen molar-refractivity contribution in [2.45, 2.75) is 6.54 Å². The number of nitrogens with one attached hydrogen (secondary N) is 1. The van der Waals surface area contributed by atoms with E-state index in [0.717, 1.165) is 22.0 Å². The van der Waals surface area contributed by atoms with E-state index < -0.39 is 5.91 Å². The average Bonchev–Trinajstić information content (AvgIpc) is 3.03. The Balaban J connectivity index is 1.65. The van der Waals surface area contributed by atoms with Gasteiger partial charge in [0.05, 0.1) is 12.2 Å². The predicted molar refractivity (Wildman–Crippen MR) is 89.8 cm³/mol. The van der Waals surface area contributed by atoms with Gasteiger partial charge in [-0.25, -0.2) is 9.37 Å². The van der Waals surface area contributed by atoms with E-state index in [1.165, 1.54) is 23.5 Å². The molecule has 0 aliphatic heterocycles. The van der Waals surface area contributed by atoms with E-state index in [1.54, 1.807) is 36.4 Å². The van der Waals surface area contributed by atoms with E-state index in [1.807, 2.05) is 5.38 Å². The Labute approximate surface area is 136 Å². The lowest BCUT2D eigenvalue weighted by Crippen LogP contribution is -2.10. The molecule has 0 aliphatic rings. The van der Waals surface area contributed by atoms with Crippen LogP contribution in [0.2, 0.25) is 0 Å². The molecular formula is C17H14FN3OS. The van der Waals surface area contributed by atoms with Gasteiger partial charge in [0.15, 0.2) is 0 Å². The molecule has 1 aromatic heterocycles. The number of hydrogen-bond acceptors (Lipinski definition) is 4. The number of anilines is 1. The number of nitrogens with zero attached hydrogens (tertiary/aromatic N) is 1. The van der Waals surface area contributed by atoms with Crippen LogP contribution in [0.25, 0.3) is 10.6 Å². The number of thiazole rings is 1. The van der Waals surface area contributed by atoms with Crippen LogP contribution in [0.3, 0.4) is 0 Å². The molecule has 0 bridgehead atoms. The first kappa shape index (κ1) is 15.2. The zero-order valence-electron chi connectivity index (χ0n) is 12.1. The van der Waals surface area contributed by atoms with Crippen LogP contribution in [0.5, 0.6) is 0 Å². The van der Waals surface area contributed by atoms with Gasteiger partial charge in [-0.15, -0.1) is 11.3 Å². The summed E-state index contributed by atoms with van der Waals surface area (Å²) in [7, 11) is 0. The maximum atomic E-state index is 12.9. The van der Waals surface area contributed by atoms with Crippen molar-refractivity contribution in [1.82, 2.24) is 4.98 Å². The second kappa shape index (κ2) is 6.58. The van der Waals surface area contributed by atoms with Gasteiger partial charge in [-0.05, 0) is 48.5 Å². The molecular weight excluding hydrogens is 313 g/mol. The molecule has 1 amide bonds. The Hall–Kier alpha value is -2.73. The zero-order chi connectivity index (χ0) is 16.2. The molecule has 0 saturated carbocycles. The highest BCUT2D eigenvalue weighted by Crippen LogP contribution is 2.24. The average molecular weight is 327 g/mol. The van der Waals surface area contributed by atoms with Crippen LogP contribution < -0.4 is 11.1 Å². The van der Waals surface area contributed by atoms with Crippen molar-refractivity contribution in [2.75, 3.05) is 5.32 Å². The summed E-state index contributed by atoms with van der Waals surface area (Å²) in [5.74, 6) is -0.702. The number of rotatable bonds is 5. The Morgan fingerprint density at radius 1 is 1.13 bits per heavy atom. The second-order valence-electron chi connectivity index (χ2n) is 4.95. The lowest BCUT2D eigenvalue weighted by molar-refractivity contribution is 0.100. The Kier molecular flexibility index (Phi) is 4.34. The number of primary amides is 1. The summed E-state index contributed by atoms with van der Waals surface area (Å²) >= 11 is 1.52. The number of halogens is 1. The van der Waals surface area contributed by atoms with Gasteiger partial charge in [0, 0.05) is 22.2 Å². The Morgan fingerprint density at radius 2 is 1.83 bits per heavy atom. The van der Waals surface area contributed by atoms with Crippen molar-refractivity contribution in [3.8, 4) is 10.6 Å². The second-order valence-corrected chi connectivity index (χ2v) is 5.80. The molecule has 0 spiro atoms. The van der Waals surface area contributed by atoms with E-state index in [-0.39, 0.29) is 5.82 Å². The molecule has 0 aliphatic carbocycles. The summed E-state index contributed by atoms with van der Waals surface area (Å²) in [6.45, 7) is 0.563. The summed E-state index contributed by atoms with van der Waals surface area (Å²) < 4.78 is 12.9. The lowest BCUT2D eigenvalue weighted by atomic mass is 10.2. The largest absolute Gasteiger partial charge is 0.379 e. The van der Waals surface area contributed by atoms with Crippen LogP contribution >= 0.6 is 11.3 Å². The molecule has 1 heterocycles. The molecule has 0 saturated heterocycles. The number of benzene rings is 2. The predicted octanol–water partition coefficient (Wildman–Crippen LogP) is 3.66. The first-order chi connectivity index (χ1) is 11.1.